The minimum Gasteiger partial charge on any atom is -0.368 e. The molecule has 1 aliphatic rings. The molecule has 4 rings (SSSR count). The molecule has 0 spiro atoms. The molecule has 1 saturated heterocycles. The molecule has 1 N–H and O–H groups in total. The van der Waals surface area contributed by atoms with Crippen LogP contribution in [0.5, 0.6) is 0 Å². The van der Waals surface area contributed by atoms with E-state index < -0.39 is 11.7 Å². The van der Waals surface area contributed by atoms with Crippen LogP contribution in [0.2, 0.25) is 5.02 Å². The normalized spacial score (nSPS) is 18.6. The molecule has 0 aliphatic carbocycles. The van der Waals surface area contributed by atoms with Gasteiger partial charge in [-0.25, -0.2) is 15.0 Å². The summed E-state index contributed by atoms with van der Waals surface area (Å²) in [7, 11) is 0. The Morgan fingerprint density at radius 3 is 2.59 bits per heavy atom. The summed E-state index contributed by atoms with van der Waals surface area (Å²) in [6, 6.07) is 8.90. The number of nitrogens with zero attached hydrogens (tertiary/aromatic N) is 4. The molecular formula is C24H23ClF3N5O. The van der Waals surface area contributed by atoms with E-state index >= 15 is 0 Å². The lowest BCUT2D eigenvalue weighted by molar-refractivity contribution is -0.137. The van der Waals surface area contributed by atoms with E-state index in [9.17, 15) is 18.0 Å². The number of rotatable bonds is 5. The van der Waals surface area contributed by atoms with E-state index in [0.717, 1.165) is 25.1 Å². The average molecular weight is 490 g/mol. The first-order valence-electron chi connectivity index (χ1n) is 10.9. The minimum atomic E-state index is -4.44. The maximum atomic E-state index is 13.7. The van der Waals surface area contributed by atoms with Gasteiger partial charge in [-0.2, -0.15) is 13.2 Å². The van der Waals surface area contributed by atoms with Gasteiger partial charge in [-0.3, -0.25) is 4.79 Å². The third-order valence-corrected chi connectivity index (χ3v) is 6.31. The monoisotopic (exact) mass is 489 g/mol. The molecule has 0 bridgehead atoms. The number of hydrogen-bond acceptors (Lipinski definition) is 5. The highest BCUT2D eigenvalue weighted by Gasteiger charge is 2.34. The van der Waals surface area contributed by atoms with Crippen LogP contribution < -0.4 is 5.32 Å². The fourth-order valence-electron chi connectivity index (χ4n) is 4.20. The summed E-state index contributed by atoms with van der Waals surface area (Å²) in [4.78, 5) is 27.9. The first kappa shape index (κ1) is 23.9. The van der Waals surface area contributed by atoms with Gasteiger partial charge in [0.25, 0.3) is 5.91 Å². The third-order valence-electron chi connectivity index (χ3n) is 5.99. The molecule has 1 aliphatic heterocycles. The van der Waals surface area contributed by atoms with Gasteiger partial charge in [-0.05, 0) is 49.1 Å². The zero-order valence-electron chi connectivity index (χ0n) is 18.4. The molecule has 1 amide bonds. The molecule has 3 aromatic rings. The number of nitrogens with one attached hydrogen (secondary N) is 1. The predicted octanol–water partition coefficient (Wildman–Crippen LogP) is 5.56. The fraction of sp³-hybridized carbons (Fsp3) is 0.333. The van der Waals surface area contributed by atoms with Crippen LogP contribution in [0.4, 0.5) is 19.0 Å². The predicted molar refractivity (Wildman–Crippen MR) is 123 cm³/mol. The summed E-state index contributed by atoms with van der Waals surface area (Å²) in [5.74, 6) is 0.670. The molecule has 0 radical (unpaired) electrons. The van der Waals surface area contributed by atoms with E-state index in [1.165, 1.54) is 6.07 Å². The van der Waals surface area contributed by atoms with Crippen molar-refractivity contribution >= 4 is 23.3 Å². The Kier molecular flexibility index (Phi) is 7.02. The second-order valence-corrected chi connectivity index (χ2v) is 8.64. The zero-order chi connectivity index (χ0) is 24.3. The molecule has 3 heterocycles. The maximum absolute atomic E-state index is 13.7. The number of carbonyl (C=O) groups is 1. The van der Waals surface area contributed by atoms with E-state index in [0.29, 0.717) is 40.9 Å². The van der Waals surface area contributed by atoms with Crippen molar-refractivity contribution < 1.29 is 18.0 Å². The molecular weight excluding hydrogens is 467 g/mol. The Hall–Kier alpha value is -3.20. The molecule has 1 fully saturated rings. The van der Waals surface area contributed by atoms with Crippen molar-refractivity contribution in [1.29, 1.82) is 0 Å². The van der Waals surface area contributed by atoms with Gasteiger partial charge in [0.15, 0.2) is 5.82 Å². The summed E-state index contributed by atoms with van der Waals surface area (Å²) in [5, 5.41) is 3.47. The van der Waals surface area contributed by atoms with Crippen LogP contribution >= 0.6 is 11.6 Å². The number of aromatic nitrogens is 3. The number of halogens is 4. The summed E-state index contributed by atoms with van der Waals surface area (Å²) >= 11 is 6.45. The highest BCUT2D eigenvalue weighted by Crippen LogP contribution is 2.33. The van der Waals surface area contributed by atoms with Gasteiger partial charge in [-0.15, -0.1) is 0 Å². The van der Waals surface area contributed by atoms with E-state index in [2.05, 4.69) is 27.2 Å². The van der Waals surface area contributed by atoms with Crippen LogP contribution in [0.3, 0.4) is 0 Å². The van der Waals surface area contributed by atoms with Gasteiger partial charge in [0.05, 0.1) is 27.8 Å². The van der Waals surface area contributed by atoms with Crippen LogP contribution in [0, 0.1) is 5.92 Å². The quantitative estimate of drug-likeness (QED) is 0.508. The molecule has 1 aromatic carbocycles. The van der Waals surface area contributed by atoms with E-state index in [1.807, 2.05) is 0 Å². The van der Waals surface area contributed by atoms with Gasteiger partial charge in [0.2, 0.25) is 0 Å². The lowest BCUT2D eigenvalue weighted by Crippen LogP contribution is -2.51. The first-order chi connectivity index (χ1) is 16.3. The van der Waals surface area contributed by atoms with E-state index in [1.54, 1.807) is 41.6 Å². The number of piperidine rings is 1. The van der Waals surface area contributed by atoms with Gasteiger partial charge in [0, 0.05) is 31.7 Å². The van der Waals surface area contributed by atoms with Crippen molar-refractivity contribution in [3.63, 3.8) is 0 Å². The van der Waals surface area contributed by atoms with Gasteiger partial charge >= 0.3 is 6.18 Å². The highest BCUT2D eigenvalue weighted by molar-refractivity contribution is 6.34. The fourth-order valence-corrected chi connectivity index (χ4v) is 4.46. The Balaban J connectivity index is 1.57. The van der Waals surface area contributed by atoms with Crippen LogP contribution in [-0.2, 0) is 6.18 Å². The first-order valence-corrected chi connectivity index (χ1v) is 11.3. The number of benzene rings is 1. The highest BCUT2D eigenvalue weighted by atomic mass is 35.5. The Labute approximate surface area is 200 Å². The Bertz CT molecular complexity index is 1140. The number of likely N-dealkylation sites (tertiary alicyclic amines) is 1. The lowest BCUT2D eigenvalue weighted by Gasteiger charge is -2.40. The van der Waals surface area contributed by atoms with Crippen LogP contribution in [0.15, 0.2) is 55.0 Å². The number of amides is 1. The number of carbonyl (C=O) groups excluding carboxylic acids is 1. The van der Waals surface area contributed by atoms with Gasteiger partial charge in [0.1, 0.15) is 5.82 Å². The average Bonchev–Trinajstić information content (AvgIpc) is 2.83. The van der Waals surface area contributed by atoms with Crippen LogP contribution in [-0.4, -0.2) is 44.9 Å². The standard InChI is InChI=1S/C24H23ClF3N5O/c1-15-5-3-12-33(19(15)14-32-20-9-8-16(13-31-20)24(26,27)28)23(34)17-6-2-7-18(25)21(17)22-29-10-4-11-30-22/h2,4,6-11,13,15,19H,3,5,12,14H2,1H3,(H,31,32)/t15-,19-/m1/s1. The minimum absolute atomic E-state index is 0.176. The maximum Gasteiger partial charge on any atom is 0.417 e. The lowest BCUT2D eigenvalue weighted by atomic mass is 9.89. The second-order valence-electron chi connectivity index (χ2n) is 8.23. The van der Waals surface area contributed by atoms with Crippen molar-refractivity contribution in [3.8, 4) is 11.4 Å². The zero-order valence-corrected chi connectivity index (χ0v) is 19.1. The number of hydrogen-bond donors (Lipinski definition) is 1. The SMILES string of the molecule is C[C@@H]1CCCN(C(=O)c2cccc(Cl)c2-c2ncccn2)[C@@H]1CNc1ccc(C(F)(F)F)cn1. The largest absolute Gasteiger partial charge is 0.417 e. The molecule has 0 unspecified atom stereocenters. The molecule has 2 atom stereocenters. The topological polar surface area (TPSA) is 71.0 Å². The van der Waals surface area contributed by atoms with Crippen molar-refractivity contribution in [3.05, 3.63) is 71.1 Å². The summed E-state index contributed by atoms with van der Waals surface area (Å²) in [5.41, 5.74) is 0.0760. The molecule has 34 heavy (non-hydrogen) atoms. The Morgan fingerprint density at radius 2 is 1.91 bits per heavy atom. The summed E-state index contributed by atoms with van der Waals surface area (Å²) in [6.07, 6.45) is 1.32. The van der Waals surface area contributed by atoms with E-state index in [4.69, 9.17) is 11.6 Å². The molecule has 178 valence electrons. The number of anilines is 1. The molecule has 2 aromatic heterocycles. The van der Waals surface area contributed by atoms with Gasteiger partial charge < -0.3 is 10.2 Å². The van der Waals surface area contributed by atoms with Crippen molar-refractivity contribution in [1.82, 2.24) is 19.9 Å². The summed E-state index contributed by atoms with van der Waals surface area (Å²) in [6.45, 7) is 2.96. The van der Waals surface area contributed by atoms with Crippen molar-refractivity contribution in [2.24, 2.45) is 5.92 Å². The number of alkyl halides is 3. The smallest absolute Gasteiger partial charge is 0.368 e. The third kappa shape index (κ3) is 5.14. The summed E-state index contributed by atoms with van der Waals surface area (Å²) < 4.78 is 38.4. The van der Waals surface area contributed by atoms with E-state index in [-0.39, 0.29) is 17.9 Å². The molecule has 0 saturated carbocycles. The Morgan fingerprint density at radius 1 is 1.15 bits per heavy atom. The number of pyridine rings is 1. The van der Waals surface area contributed by atoms with Crippen LogP contribution in [0.1, 0.15) is 35.7 Å². The van der Waals surface area contributed by atoms with Crippen LogP contribution in [0.25, 0.3) is 11.4 Å². The molecule has 10 heteroatoms. The van der Waals surface area contributed by atoms with Crippen molar-refractivity contribution in [2.75, 3.05) is 18.4 Å². The van der Waals surface area contributed by atoms with Crippen molar-refractivity contribution in [2.45, 2.75) is 32.0 Å². The van der Waals surface area contributed by atoms with Gasteiger partial charge in [-0.1, -0.05) is 24.6 Å². The second kappa shape index (κ2) is 9.97. The molecule has 6 nitrogen and oxygen atoms in total.